The summed E-state index contributed by atoms with van der Waals surface area (Å²) in [4.78, 5) is 11.0. The molecule has 0 saturated heterocycles. The molecule has 2 heteroatoms. The molecule has 0 radical (unpaired) electrons. The summed E-state index contributed by atoms with van der Waals surface area (Å²) in [5.74, 6) is 0.129. The molecule has 0 aromatic heterocycles. The van der Waals surface area contributed by atoms with Gasteiger partial charge in [-0.2, -0.15) is 0 Å². The quantitative estimate of drug-likeness (QED) is 0.323. The maximum Gasteiger partial charge on any atom is 0.158 e. The Morgan fingerprint density at radius 1 is 0.762 bits per heavy atom. The number of ether oxygens (including phenoxy) is 1. The van der Waals surface area contributed by atoms with Crippen LogP contribution in [0.2, 0.25) is 0 Å². The van der Waals surface area contributed by atoms with Gasteiger partial charge in [-0.3, -0.25) is 4.79 Å². The van der Waals surface area contributed by atoms with Crippen LogP contribution in [0.15, 0.2) is 0 Å². The van der Waals surface area contributed by atoms with Crippen molar-refractivity contribution in [3.8, 4) is 0 Å². The Bertz CT molecular complexity index is 226. The van der Waals surface area contributed by atoms with Gasteiger partial charge in [0, 0.05) is 6.61 Å². The van der Waals surface area contributed by atoms with E-state index < -0.39 is 0 Å². The first-order chi connectivity index (χ1) is 10.2. The number of unbranched alkanes of at least 4 members (excludes halogenated alkanes) is 12. The summed E-state index contributed by atoms with van der Waals surface area (Å²) in [6, 6.07) is 0. The van der Waals surface area contributed by atoms with Crippen LogP contribution in [0.25, 0.3) is 0 Å². The van der Waals surface area contributed by atoms with Crippen molar-refractivity contribution in [2.75, 3.05) is 6.61 Å². The fraction of sp³-hybridized carbons (Fsp3) is 0.947. The summed E-state index contributed by atoms with van der Waals surface area (Å²) < 4.78 is 5.45. The Kier molecular flexibility index (Phi) is 15.7. The van der Waals surface area contributed by atoms with Crippen molar-refractivity contribution in [2.24, 2.45) is 0 Å². The number of rotatable bonds is 16. The van der Waals surface area contributed by atoms with Crippen molar-refractivity contribution in [3.05, 3.63) is 0 Å². The van der Waals surface area contributed by atoms with Crippen molar-refractivity contribution in [1.29, 1.82) is 0 Å². The summed E-state index contributed by atoms with van der Waals surface area (Å²) >= 11 is 0. The number of hydrogen-bond donors (Lipinski definition) is 0. The van der Waals surface area contributed by atoms with Gasteiger partial charge in [0.05, 0.1) is 0 Å². The first kappa shape index (κ1) is 20.6. The molecule has 0 aliphatic carbocycles. The molecule has 0 fully saturated rings. The van der Waals surface area contributed by atoms with Gasteiger partial charge < -0.3 is 4.74 Å². The number of hydrogen-bond acceptors (Lipinski definition) is 2. The van der Waals surface area contributed by atoms with Crippen LogP contribution < -0.4 is 0 Å². The Hall–Kier alpha value is -0.370. The van der Waals surface area contributed by atoms with Gasteiger partial charge in [0.15, 0.2) is 5.78 Å². The van der Waals surface area contributed by atoms with Gasteiger partial charge in [-0.05, 0) is 20.3 Å². The first-order valence-corrected chi connectivity index (χ1v) is 9.30. The summed E-state index contributed by atoms with van der Waals surface area (Å²) in [6.45, 7) is 6.44. The van der Waals surface area contributed by atoms with Crippen molar-refractivity contribution in [1.82, 2.24) is 0 Å². The zero-order valence-electron chi connectivity index (χ0n) is 14.8. The standard InChI is InChI=1S/C19H38O2/c1-4-5-6-7-8-9-10-11-12-13-14-15-16-17-21-19(3)18(2)20/h19H,4-17H2,1-3H3. The second kappa shape index (κ2) is 16.0. The van der Waals surface area contributed by atoms with Gasteiger partial charge in [0.2, 0.25) is 0 Å². The molecule has 0 spiro atoms. The van der Waals surface area contributed by atoms with Gasteiger partial charge in [0.25, 0.3) is 0 Å². The number of carbonyl (C=O) groups excluding carboxylic acids is 1. The highest BCUT2D eigenvalue weighted by atomic mass is 16.5. The normalized spacial score (nSPS) is 12.5. The summed E-state index contributed by atoms with van der Waals surface area (Å²) in [5, 5.41) is 0. The predicted octanol–water partition coefficient (Wildman–Crippen LogP) is 6.07. The van der Waals surface area contributed by atoms with E-state index in [1.807, 2.05) is 6.92 Å². The van der Waals surface area contributed by atoms with E-state index in [2.05, 4.69) is 6.92 Å². The van der Waals surface area contributed by atoms with Gasteiger partial charge in [0.1, 0.15) is 6.10 Å². The molecule has 0 bridgehead atoms. The van der Waals surface area contributed by atoms with Crippen LogP contribution in [0.4, 0.5) is 0 Å². The number of carbonyl (C=O) groups is 1. The molecule has 0 aromatic rings. The van der Waals surface area contributed by atoms with E-state index in [4.69, 9.17) is 4.74 Å². The van der Waals surface area contributed by atoms with Gasteiger partial charge in [-0.15, -0.1) is 0 Å². The van der Waals surface area contributed by atoms with Crippen molar-refractivity contribution in [2.45, 2.75) is 110 Å². The topological polar surface area (TPSA) is 26.3 Å². The van der Waals surface area contributed by atoms with Gasteiger partial charge in [-0.1, -0.05) is 84.0 Å². The SMILES string of the molecule is CCCCCCCCCCCCCCCOC(C)C(C)=O. The third kappa shape index (κ3) is 15.8. The highest BCUT2D eigenvalue weighted by Crippen LogP contribution is 2.12. The summed E-state index contributed by atoms with van der Waals surface area (Å²) in [5.41, 5.74) is 0. The monoisotopic (exact) mass is 298 g/mol. The zero-order chi connectivity index (χ0) is 15.8. The van der Waals surface area contributed by atoms with Crippen molar-refractivity contribution < 1.29 is 9.53 Å². The lowest BCUT2D eigenvalue weighted by atomic mass is 10.0. The molecule has 2 nitrogen and oxygen atoms in total. The van der Waals surface area contributed by atoms with Gasteiger partial charge >= 0.3 is 0 Å². The van der Waals surface area contributed by atoms with Crippen molar-refractivity contribution >= 4 is 5.78 Å². The van der Waals surface area contributed by atoms with Crippen LogP contribution in [0.3, 0.4) is 0 Å². The van der Waals surface area contributed by atoms with Crippen LogP contribution in [0.1, 0.15) is 104 Å². The van der Waals surface area contributed by atoms with E-state index in [0.29, 0.717) is 0 Å². The van der Waals surface area contributed by atoms with Crippen molar-refractivity contribution in [3.63, 3.8) is 0 Å². The van der Waals surface area contributed by atoms with E-state index in [1.165, 1.54) is 77.0 Å². The molecule has 1 unspecified atom stereocenters. The molecule has 0 heterocycles. The maximum atomic E-state index is 11.0. The minimum absolute atomic E-state index is 0.129. The molecule has 0 aliphatic rings. The second-order valence-electron chi connectivity index (χ2n) is 6.37. The molecule has 0 aliphatic heterocycles. The summed E-state index contributed by atoms with van der Waals surface area (Å²) in [7, 11) is 0. The molecule has 21 heavy (non-hydrogen) atoms. The van der Waals surface area contributed by atoms with E-state index in [9.17, 15) is 4.79 Å². The highest BCUT2D eigenvalue weighted by Gasteiger charge is 2.06. The average Bonchev–Trinajstić information content (AvgIpc) is 2.47. The highest BCUT2D eigenvalue weighted by molar-refractivity contribution is 5.79. The van der Waals surface area contributed by atoms with E-state index in [-0.39, 0.29) is 11.9 Å². The van der Waals surface area contributed by atoms with Crippen LogP contribution >= 0.6 is 0 Å². The Balaban J connectivity index is 3.04. The third-order valence-electron chi connectivity index (χ3n) is 4.19. The molecule has 0 N–H and O–H groups in total. The summed E-state index contributed by atoms with van der Waals surface area (Å²) in [6.07, 6.45) is 17.5. The first-order valence-electron chi connectivity index (χ1n) is 9.30. The predicted molar refractivity (Wildman–Crippen MR) is 91.8 cm³/mol. The molecular formula is C19H38O2. The minimum atomic E-state index is -0.220. The smallest absolute Gasteiger partial charge is 0.158 e. The van der Waals surface area contributed by atoms with E-state index in [1.54, 1.807) is 6.92 Å². The fourth-order valence-electron chi connectivity index (χ4n) is 2.50. The second-order valence-corrected chi connectivity index (χ2v) is 6.37. The van der Waals surface area contributed by atoms with E-state index in [0.717, 1.165) is 13.0 Å². The van der Waals surface area contributed by atoms with Crippen LogP contribution in [0.5, 0.6) is 0 Å². The largest absolute Gasteiger partial charge is 0.371 e. The lowest BCUT2D eigenvalue weighted by molar-refractivity contribution is -0.127. The van der Waals surface area contributed by atoms with Crippen LogP contribution in [-0.4, -0.2) is 18.5 Å². The number of ketones is 1. The Labute approximate surface area is 133 Å². The molecular weight excluding hydrogens is 260 g/mol. The molecule has 0 aromatic carbocycles. The Morgan fingerprint density at radius 2 is 1.14 bits per heavy atom. The van der Waals surface area contributed by atoms with Crippen LogP contribution in [0, 0.1) is 0 Å². The molecule has 0 rings (SSSR count). The third-order valence-corrected chi connectivity index (χ3v) is 4.19. The number of Topliss-reactive ketones (excluding diaryl/α,β-unsaturated/α-hetero) is 1. The maximum absolute atomic E-state index is 11.0. The average molecular weight is 299 g/mol. The molecule has 0 saturated carbocycles. The lowest BCUT2D eigenvalue weighted by Crippen LogP contribution is -2.17. The zero-order valence-corrected chi connectivity index (χ0v) is 14.8. The molecule has 126 valence electrons. The molecule has 1 atom stereocenters. The fourth-order valence-corrected chi connectivity index (χ4v) is 2.50. The molecule has 0 amide bonds. The van der Waals surface area contributed by atoms with Gasteiger partial charge in [-0.25, -0.2) is 0 Å². The Morgan fingerprint density at radius 3 is 1.52 bits per heavy atom. The minimum Gasteiger partial charge on any atom is -0.371 e. The lowest BCUT2D eigenvalue weighted by Gasteiger charge is -2.09. The van der Waals surface area contributed by atoms with Crippen LogP contribution in [-0.2, 0) is 9.53 Å². The van der Waals surface area contributed by atoms with E-state index >= 15 is 0 Å².